The molecule has 18 heavy (non-hydrogen) atoms. The second-order valence-electron chi connectivity index (χ2n) is 5.04. The molecule has 100 valence electrons. The minimum Gasteiger partial charge on any atom is -0.443 e. The molecule has 0 aliphatic heterocycles. The molecule has 4 heteroatoms. The first-order valence-corrected chi connectivity index (χ1v) is 6.10. The Morgan fingerprint density at radius 3 is 2.39 bits per heavy atom. The average Bonchev–Trinajstić information content (AvgIpc) is 2.28. The lowest BCUT2D eigenvalue weighted by Crippen LogP contribution is -2.37. The third-order valence-corrected chi connectivity index (χ3v) is 2.22. The molecule has 4 nitrogen and oxygen atoms in total. The number of carbonyl (C=O) groups excluding carboxylic acids is 1. The van der Waals surface area contributed by atoms with Crippen molar-refractivity contribution in [3.63, 3.8) is 0 Å². The van der Waals surface area contributed by atoms with Gasteiger partial charge in [-0.3, -0.25) is 4.90 Å². The Bertz CT molecular complexity index is 370. The van der Waals surface area contributed by atoms with Crippen LogP contribution in [0.3, 0.4) is 0 Å². The SMILES string of the molecule is CC(C)(C)OC(=O)N(CCCO)c1ccccc1. The van der Waals surface area contributed by atoms with E-state index in [1.54, 1.807) is 4.90 Å². The van der Waals surface area contributed by atoms with Gasteiger partial charge in [-0.1, -0.05) is 18.2 Å². The molecule has 0 saturated heterocycles. The molecule has 0 bridgehead atoms. The van der Waals surface area contributed by atoms with Crippen molar-refractivity contribution in [2.24, 2.45) is 0 Å². The zero-order valence-corrected chi connectivity index (χ0v) is 11.2. The van der Waals surface area contributed by atoms with Crippen LogP contribution < -0.4 is 4.90 Å². The number of aliphatic hydroxyl groups is 1. The normalized spacial score (nSPS) is 11.1. The van der Waals surface area contributed by atoms with Crippen molar-refractivity contribution in [1.29, 1.82) is 0 Å². The lowest BCUT2D eigenvalue weighted by Gasteiger charge is -2.27. The molecule has 1 N–H and O–H groups in total. The summed E-state index contributed by atoms with van der Waals surface area (Å²) in [5.74, 6) is 0. The van der Waals surface area contributed by atoms with Crippen LogP contribution in [-0.2, 0) is 4.74 Å². The highest BCUT2D eigenvalue weighted by atomic mass is 16.6. The number of rotatable bonds is 4. The molecule has 0 fully saturated rings. The van der Waals surface area contributed by atoms with Gasteiger partial charge in [-0.25, -0.2) is 4.79 Å². The van der Waals surface area contributed by atoms with Crippen LogP contribution in [0.2, 0.25) is 0 Å². The monoisotopic (exact) mass is 251 g/mol. The number of anilines is 1. The summed E-state index contributed by atoms with van der Waals surface area (Å²) in [7, 11) is 0. The number of aliphatic hydroxyl groups excluding tert-OH is 1. The lowest BCUT2D eigenvalue weighted by molar-refractivity contribution is 0.0578. The van der Waals surface area contributed by atoms with Gasteiger partial charge in [0.25, 0.3) is 0 Å². The molecule has 0 aliphatic rings. The third kappa shape index (κ3) is 4.75. The summed E-state index contributed by atoms with van der Waals surface area (Å²) in [4.78, 5) is 13.6. The zero-order chi connectivity index (χ0) is 13.6. The molecule has 0 aromatic heterocycles. The number of amides is 1. The number of carbonyl (C=O) groups is 1. The molecule has 0 atom stereocenters. The van der Waals surface area contributed by atoms with E-state index in [9.17, 15) is 4.79 Å². The molecule has 0 radical (unpaired) electrons. The van der Waals surface area contributed by atoms with Gasteiger partial charge in [0.2, 0.25) is 0 Å². The van der Waals surface area contributed by atoms with Crippen molar-refractivity contribution in [2.75, 3.05) is 18.1 Å². The Labute approximate surface area is 108 Å². The van der Waals surface area contributed by atoms with Crippen molar-refractivity contribution in [2.45, 2.75) is 32.8 Å². The van der Waals surface area contributed by atoms with E-state index in [2.05, 4.69) is 0 Å². The maximum atomic E-state index is 12.1. The summed E-state index contributed by atoms with van der Waals surface area (Å²) in [6.45, 7) is 5.99. The molecule has 0 unspecified atom stereocenters. The topological polar surface area (TPSA) is 49.8 Å². The van der Waals surface area contributed by atoms with Crippen LogP contribution in [0.15, 0.2) is 30.3 Å². The van der Waals surface area contributed by atoms with Crippen LogP contribution in [0, 0.1) is 0 Å². The number of para-hydroxylation sites is 1. The van der Waals surface area contributed by atoms with Crippen LogP contribution in [0.25, 0.3) is 0 Å². The van der Waals surface area contributed by atoms with Gasteiger partial charge in [-0.15, -0.1) is 0 Å². The number of nitrogens with zero attached hydrogens (tertiary/aromatic N) is 1. The van der Waals surface area contributed by atoms with Crippen molar-refractivity contribution in [3.8, 4) is 0 Å². The van der Waals surface area contributed by atoms with E-state index in [-0.39, 0.29) is 12.7 Å². The van der Waals surface area contributed by atoms with E-state index in [0.29, 0.717) is 13.0 Å². The molecular weight excluding hydrogens is 230 g/mol. The maximum Gasteiger partial charge on any atom is 0.414 e. The van der Waals surface area contributed by atoms with Crippen LogP contribution in [0.4, 0.5) is 10.5 Å². The van der Waals surface area contributed by atoms with E-state index in [1.807, 2.05) is 51.1 Å². The summed E-state index contributed by atoms with van der Waals surface area (Å²) < 4.78 is 5.36. The van der Waals surface area contributed by atoms with Crippen molar-refractivity contribution in [3.05, 3.63) is 30.3 Å². The summed E-state index contributed by atoms with van der Waals surface area (Å²) in [5.41, 5.74) is 0.253. The van der Waals surface area contributed by atoms with Crippen LogP contribution in [0.5, 0.6) is 0 Å². The highest BCUT2D eigenvalue weighted by molar-refractivity contribution is 5.87. The van der Waals surface area contributed by atoms with Gasteiger partial charge < -0.3 is 9.84 Å². The Kier molecular flexibility index (Phi) is 5.16. The van der Waals surface area contributed by atoms with E-state index in [0.717, 1.165) is 5.69 Å². The fourth-order valence-electron chi connectivity index (χ4n) is 1.48. The predicted molar refractivity (Wildman–Crippen MR) is 71.7 cm³/mol. The van der Waals surface area contributed by atoms with Gasteiger partial charge in [-0.05, 0) is 39.3 Å². The first kappa shape index (κ1) is 14.5. The average molecular weight is 251 g/mol. The Balaban J connectivity index is 2.82. The number of ether oxygens (including phenoxy) is 1. The van der Waals surface area contributed by atoms with Crippen LogP contribution >= 0.6 is 0 Å². The molecule has 0 aliphatic carbocycles. The quantitative estimate of drug-likeness (QED) is 0.895. The standard InChI is InChI=1S/C14H21NO3/c1-14(2,3)18-13(17)15(10-7-11-16)12-8-5-4-6-9-12/h4-6,8-9,16H,7,10-11H2,1-3H3. The maximum absolute atomic E-state index is 12.1. The minimum absolute atomic E-state index is 0.0477. The van der Waals surface area contributed by atoms with E-state index < -0.39 is 5.60 Å². The molecule has 1 rings (SSSR count). The Morgan fingerprint density at radius 1 is 1.28 bits per heavy atom. The van der Waals surface area contributed by atoms with Gasteiger partial charge >= 0.3 is 6.09 Å². The van der Waals surface area contributed by atoms with E-state index in [4.69, 9.17) is 9.84 Å². The fraction of sp³-hybridized carbons (Fsp3) is 0.500. The second-order valence-corrected chi connectivity index (χ2v) is 5.04. The summed E-state index contributed by atoms with van der Waals surface area (Å²) in [6.07, 6.45) is 0.135. The largest absolute Gasteiger partial charge is 0.443 e. The summed E-state index contributed by atoms with van der Waals surface area (Å²) in [6, 6.07) is 9.32. The van der Waals surface area contributed by atoms with Gasteiger partial charge in [0.05, 0.1) is 0 Å². The van der Waals surface area contributed by atoms with Crippen LogP contribution in [-0.4, -0.2) is 30.0 Å². The molecule has 1 amide bonds. The number of benzene rings is 1. The van der Waals surface area contributed by atoms with Gasteiger partial charge in [-0.2, -0.15) is 0 Å². The smallest absolute Gasteiger partial charge is 0.414 e. The Hall–Kier alpha value is -1.55. The molecule has 0 saturated carbocycles. The summed E-state index contributed by atoms with van der Waals surface area (Å²) in [5, 5.41) is 8.90. The number of hydrogen-bond acceptors (Lipinski definition) is 3. The first-order chi connectivity index (χ1) is 8.44. The molecule has 1 aromatic carbocycles. The van der Waals surface area contributed by atoms with Gasteiger partial charge in [0.15, 0.2) is 0 Å². The van der Waals surface area contributed by atoms with Crippen LogP contribution in [0.1, 0.15) is 27.2 Å². The van der Waals surface area contributed by atoms with Gasteiger partial charge in [0.1, 0.15) is 5.60 Å². The van der Waals surface area contributed by atoms with E-state index in [1.165, 1.54) is 0 Å². The molecular formula is C14H21NO3. The molecule has 0 heterocycles. The fourth-order valence-corrected chi connectivity index (χ4v) is 1.48. The Morgan fingerprint density at radius 2 is 1.89 bits per heavy atom. The van der Waals surface area contributed by atoms with Gasteiger partial charge in [0, 0.05) is 18.8 Å². The predicted octanol–water partition coefficient (Wildman–Crippen LogP) is 2.81. The van der Waals surface area contributed by atoms with Crippen molar-refractivity contribution in [1.82, 2.24) is 0 Å². The highest BCUT2D eigenvalue weighted by Gasteiger charge is 2.22. The number of hydrogen-bond donors (Lipinski definition) is 1. The molecule has 1 aromatic rings. The second kappa shape index (κ2) is 6.40. The highest BCUT2D eigenvalue weighted by Crippen LogP contribution is 2.18. The summed E-state index contributed by atoms with van der Waals surface area (Å²) >= 11 is 0. The van der Waals surface area contributed by atoms with E-state index >= 15 is 0 Å². The zero-order valence-electron chi connectivity index (χ0n) is 11.2. The third-order valence-electron chi connectivity index (χ3n) is 2.22. The minimum atomic E-state index is -0.524. The van der Waals surface area contributed by atoms with Crippen molar-refractivity contribution >= 4 is 11.8 Å². The molecule has 0 spiro atoms. The lowest BCUT2D eigenvalue weighted by atomic mass is 10.2. The van der Waals surface area contributed by atoms with Crippen molar-refractivity contribution < 1.29 is 14.6 Å². The first-order valence-electron chi connectivity index (χ1n) is 6.10.